The van der Waals surface area contributed by atoms with E-state index in [0.29, 0.717) is 13.1 Å². The molecule has 0 aromatic rings. The molecule has 5 nitrogen and oxygen atoms in total. The molecule has 0 aromatic heterocycles. The Hall–Kier alpha value is -0.170. The van der Waals surface area contributed by atoms with E-state index >= 15 is 0 Å². The summed E-state index contributed by atoms with van der Waals surface area (Å²) in [5, 5.41) is 0. The van der Waals surface area contributed by atoms with E-state index in [1.807, 2.05) is 0 Å². The zero-order valence-corrected chi connectivity index (χ0v) is 8.96. The quantitative estimate of drug-likeness (QED) is 0.627. The van der Waals surface area contributed by atoms with Crippen molar-refractivity contribution in [2.45, 2.75) is 37.8 Å². The fraction of sp³-hybridized carbons (Fsp3) is 1.00. The van der Waals surface area contributed by atoms with E-state index < -0.39 is 10.2 Å². The lowest BCUT2D eigenvalue weighted by Crippen LogP contribution is -2.45. The zero-order valence-electron chi connectivity index (χ0n) is 8.15. The normalized spacial score (nSPS) is 23.0. The summed E-state index contributed by atoms with van der Waals surface area (Å²) in [6.45, 7) is 0.828. The molecule has 0 unspecified atom stereocenters. The molecule has 2 saturated carbocycles. The van der Waals surface area contributed by atoms with Crippen molar-refractivity contribution >= 4 is 10.2 Å². The lowest BCUT2D eigenvalue weighted by Gasteiger charge is -2.21. The van der Waals surface area contributed by atoms with Crippen molar-refractivity contribution in [3.05, 3.63) is 0 Å². The van der Waals surface area contributed by atoms with E-state index in [2.05, 4.69) is 4.72 Å². The van der Waals surface area contributed by atoms with E-state index in [1.54, 1.807) is 0 Å². The van der Waals surface area contributed by atoms with Crippen molar-refractivity contribution in [3.63, 3.8) is 0 Å². The smallest absolute Gasteiger partial charge is 0.279 e. The fourth-order valence-electron chi connectivity index (χ4n) is 1.47. The van der Waals surface area contributed by atoms with Crippen LogP contribution in [0.25, 0.3) is 0 Å². The van der Waals surface area contributed by atoms with Gasteiger partial charge in [-0.25, -0.2) is 0 Å². The number of nitrogens with one attached hydrogen (secondary N) is 1. The summed E-state index contributed by atoms with van der Waals surface area (Å²) >= 11 is 0. The molecule has 2 aliphatic carbocycles. The van der Waals surface area contributed by atoms with Crippen molar-refractivity contribution in [1.82, 2.24) is 9.03 Å². The highest BCUT2D eigenvalue weighted by Crippen LogP contribution is 2.29. The van der Waals surface area contributed by atoms with Gasteiger partial charge in [0.15, 0.2) is 0 Å². The Morgan fingerprint density at radius 2 is 1.93 bits per heavy atom. The summed E-state index contributed by atoms with van der Waals surface area (Å²) in [6.07, 6.45) is 3.90. The van der Waals surface area contributed by atoms with Gasteiger partial charge in [0, 0.05) is 25.2 Å². The molecule has 6 heteroatoms. The monoisotopic (exact) mass is 219 g/mol. The maximum absolute atomic E-state index is 11.8. The van der Waals surface area contributed by atoms with Gasteiger partial charge in [0.2, 0.25) is 0 Å². The Labute approximate surface area is 84.8 Å². The number of rotatable bonds is 6. The summed E-state index contributed by atoms with van der Waals surface area (Å²) in [7, 11) is -3.25. The van der Waals surface area contributed by atoms with Gasteiger partial charge in [-0.1, -0.05) is 0 Å². The van der Waals surface area contributed by atoms with Crippen molar-refractivity contribution in [3.8, 4) is 0 Å². The van der Waals surface area contributed by atoms with Crippen LogP contribution in [-0.2, 0) is 10.2 Å². The highest BCUT2D eigenvalue weighted by molar-refractivity contribution is 7.87. The van der Waals surface area contributed by atoms with Crippen LogP contribution in [0.15, 0.2) is 0 Å². The van der Waals surface area contributed by atoms with Gasteiger partial charge in [-0.15, -0.1) is 0 Å². The van der Waals surface area contributed by atoms with Gasteiger partial charge in [-0.3, -0.25) is 0 Å². The van der Waals surface area contributed by atoms with Crippen molar-refractivity contribution in [2.24, 2.45) is 5.73 Å². The molecule has 0 amide bonds. The topological polar surface area (TPSA) is 75.4 Å². The molecule has 2 rings (SSSR count). The molecule has 0 radical (unpaired) electrons. The molecule has 0 aliphatic heterocycles. The Morgan fingerprint density at radius 1 is 1.29 bits per heavy atom. The lowest BCUT2D eigenvalue weighted by atomic mass is 10.6. The van der Waals surface area contributed by atoms with E-state index in [1.165, 1.54) is 4.31 Å². The van der Waals surface area contributed by atoms with Gasteiger partial charge in [0.25, 0.3) is 10.2 Å². The van der Waals surface area contributed by atoms with Crippen LogP contribution in [0.3, 0.4) is 0 Å². The molecule has 0 aromatic carbocycles. The van der Waals surface area contributed by atoms with Gasteiger partial charge < -0.3 is 5.73 Å². The summed E-state index contributed by atoms with van der Waals surface area (Å²) < 4.78 is 27.8. The summed E-state index contributed by atoms with van der Waals surface area (Å²) in [4.78, 5) is 0. The van der Waals surface area contributed by atoms with E-state index in [-0.39, 0.29) is 12.1 Å². The first kappa shape index (κ1) is 10.4. The predicted molar refractivity (Wildman–Crippen MR) is 53.9 cm³/mol. The van der Waals surface area contributed by atoms with E-state index in [4.69, 9.17) is 5.73 Å². The van der Waals surface area contributed by atoms with Crippen LogP contribution in [0.5, 0.6) is 0 Å². The standard InChI is InChI=1S/C8H17N3O2S/c9-5-6-11(8-3-4-8)14(12,13)10-7-1-2-7/h7-8,10H,1-6,9H2. The highest BCUT2D eigenvalue weighted by atomic mass is 32.2. The highest BCUT2D eigenvalue weighted by Gasteiger charge is 2.39. The minimum Gasteiger partial charge on any atom is -0.329 e. The summed E-state index contributed by atoms with van der Waals surface area (Å²) in [5.41, 5.74) is 5.40. The molecule has 0 saturated heterocycles. The second-order valence-electron chi connectivity index (χ2n) is 4.03. The fourth-order valence-corrected chi connectivity index (χ4v) is 3.21. The van der Waals surface area contributed by atoms with Gasteiger partial charge >= 0.3 is 0 Å². The molecule has 0 heterocycles. The lowest BCUT2D eigenvalue weighted by molar-refractivity contribution is 0.403. The first-order valence-electron chi connectivity index (χ1n) is 5.12. The third-order valence-electron chi connectivity index (χ3n) is 2.51. The number of nitrogens with two attached hydrogens (primary N) is 1. The van der Waals surface area contributed by atoms with Crippen LogP contribution in [0.1, 0.15) is 25.7 Å². The largest absolute Gasteiger partial charge is 0.329 e. The van der Waals surface area contributed by atoms with Crippen molar-refractivity contribution in [2.75, 3.05) is 13.1 Å². The van der Waals surface area contributed by atoms with Crippen LogP contribution in [-0.4, -0.2) is 37.9 Å². The van der Waals surface area contributed by atoms with Crippen molar-refractivity contribution in [1.29, 1.82) is 0 Å². The minimum atomic E-state index is -3.25. The van der Waals surface area contributed by atoms with Crippen LogP contribution < -0.4 is 10.5 Å². The Bertz CT molecular complexity index is 296. The van der Waals surface area contributed by atoms with Crippen LogP contribution >= 0.6 is 0 Å². The van der Waals surface area contributed by atoms with E-state index in [0.717, 1.165) is 25.7 Å². The predicted octanol–water partition coefficient (Wildman–Crippen LogP) is -0.594. The third kappa shape index (κ3) is 2.44. The molecule has 0 spiro atoms. The van der Waals surface area contributed by atoms with E-state index in [9.17, 15) is 8.42 Å². The second kappa shape index (κ2) is 3.77. The molecule has 2 aliphatic rings. The van der Waals surface area contributed by atoms with Gasteiger partial charge in [-0.05, 0) is 25.7 Å². The molecule has 82 valence electrons. The van der Waals surface area contributed by atoms with Crippen LogP contribution in [0, 0.1) is 0 Å². The molecular formula is C8H17N3O2S. The maximum atomic E-state index is 11.8. The SMILES string of the molecule is NCCN(C1CC1)S(=O)(=O)NC1CC1. The number of hydrogen-bond acceptors (Lipinski definition) is 3. The van der Waals surface area contributed by atoms with Crippen LogP contribution in [0.2, 0.25) is 0 Å². The number of hydrogen-bond donors (Lipinski definition) is 2. The van der Waals surface area contributed by atoms with Gasteiger partial charge in [0.05, 0.1) is 0 Å². The number of nitrogens with zero attached hydrogens (tertiary/aromatic N) is 1. The average molecular weight is 219 g/mol. The molecule has 14 heavy (non-hydrogen) atoms. The summed E-state index contributed by atoms with van der Waals surface area (Å²) in [6, 6.07) is 0.383. The molecule has 2 fully saturated rings. The molecule has 0 atom stereocenters. The third-order valence-corrected chi connectivity index (χ3v) is 4.23. The Balaban J connectivity index is 1.99. The Morgan fingerprint density at radius 3 is 2.36 bits per heavy atom. The average Bonchev–Trinajstić information content (AvgIpc) is 2.91. The second-order valence-corrected chi connectivity index (χ2v) is 5.68. The Kier molecular flexibility index (Phi) is 2.79. The zero-order chi connectivity index (χ0) is 10.2. The van der Waals surface area contributed by atoms with Gasteiger partial charge in [-0.2, -0.15) is 17.4 Å². The first-order chi connectivity index (χ1) is 6.63. The summed E-state index contributed by atoms with van der Waals surface area (Å²) in [5.74, 6) is 0. The molecular weight excluding hydrogens is 202 g/mol. The van der Waals surface area contributed by atoms with Crippen molar-refractivity contribution < 1.29 is 8.42 Å². The molecule has 0 bridgehead atoms. The minimum absolute atomic E-state index is 0.180. The van der Waals surface area contributed by atoms with Gasteiger partial charge in [0.1, 0.15) is 0 Å². The maximum Gasteiger partial charge on any atom is 0.279 e. The van der Waals surface area contributed by atoms with Crippen LogP contribution in [0.4, 0.5) is 0 Å². The first-order valence-corrected chi connectivity index (χ1v) is 6.56. The molecule has 3 N–H and O–H groups in total.